The van der Waals surface area contributed by atoms with E-state index in [1.54, 1.807) is 4.31 Å². The average Bonchev–Trinajstić information content (AvgIpc) is 2.71. The van der Waals surface area contributed by atoms with E-state index >= 15 is 0 Å². The molecule has 108 valence electrons. The van der Waals surface area contributed by atoms with Crippen LogP contribution in [-0.4, -0.2) is 32.4 Å². The van der Waals surface area contributed by atoms with Crippen LogP contribution in [-0.2, 0) is 10.0 Å². The van der Waals surface area contributed by atoms with Gasteiger partial charge in [-0.3, -0.25) is 0 Å². The maximum absolute atomic E-state index is 12.5. The van der Waals surface area contributed by atoms with Crippen LogP contribution in [0.4, 0.5) is 0 Å². The Morgan fingerprint density at radius 2 is 2.32 bits per heavy atom. The van der Waals surface area contributed by atoms with Gasteiger partial charge in [-0.05, 0) is 53.7 Å². The molecule has 1 unspecified atom stereocenters. The molecule has 0 aliphatic carbocycles. The van der Waals surface area contributed by atoms with Crippen LogP contribution in [0.2, 0.25) is 5.02 Å². The van der Waals surface area contributed by atoms with Crippen molar-refractivity contribution in [2.24, 2.45) is 11.7 Å². The van der Waals surface area contributed by atoms with Crippen LogP contribution in [0, 0.1) is 5.92 Å². The Morgan fingerprint density at radius 1 is 1.58 bits per heavy atom. The largest absolute Gasteiger partial charge is 0.330 e. The minimum absolute atomic E-state index is 0.303. The van der Waals surface area contributed by atoms with Gasteiger partial charge in [0.25, 0.3) is 10.0 Å². The van der Waals surface area contributed by atoms with Crippen molar-refractivity contribution >= 4 is 48.9 Å². The molecule has 4 nitrogen and oxygen atoms in total. The monoisotopic (exact) mass is 386 g/mol. The van der Waals surface area contributed by atoms with Crippen LogP contribution in [0.3, 0.4) is 0 Å². The molecule has 1 aliphatic heterocycles. The Bertz CT molecular complexity index is 525. The lowest BCUT2D eigenvalue weighted by Crippen LogP contribution is -2.40. The predicted octanol–water partition coefficient (Wildman–Crippen LogP) is 2.91. The van der Waals surface area contributed by atoms with E-state index in [2.05, 4.69) is 15.9 Å². The summed E-state index contributed by atoms with van der Waals surface area (Å²) in [7, 11) is -3.42. The van der Waals surface area contributed by atoms with Crippen LogP contribution in [0.25, 0.3) is 0 Å². The highest BCUT2D eigenvalue weighted by Gasteiger charge is 2.31. The quantitative estimate of drug-likeness (QED) is 0.864. The van der Waals surface area contributed by atoms with E-state index in [0.717, 1.165) is 30.6 Å². The molecule has 1 aromatic rings. The lowest BCUT2D eigenvalue weighted by molar-refractivity contribution is 0.258. The van der Waals surface area contributed by atoms with Gasteiger partial charge in [0.15, 0.2) is 0 Å². The van der Waals surface area contributed by atoms with Gasteiger partial charge in [-0.25, -0.2) is 8.42 Å². The molecule has 0 aromatic carbocycles. The van der Waals surface area contributed by atoms with Crippen molar-refractivity contribution in [3.8, 4) is 0 Å². The van der Waals surface area contributed by atoms with Gasteiger partial charge in [-0.2, -0.15) is 4.31 Å². The number of sulfonamides is 1. The topological polar surface area (TPSA) is 63.4 Å². The molecule has 8 heteroatoms. The highest BCUT2D eigenvalue weighted by Crippen LogP contribution is 2.37. The second-order valence-electron chi connectivity index (χ2n) is 4.64. The SMILES string of the molecule is NCCC1CCCN(S(=O)(=O)c2cc(Cl)c(Br)s2)C1. The molecule has 2 N–H and O–H groups in total. The van der Waals surface area contributed by atoms with E-state index in [0.29, 0.717) is 38.6 Å². The molecular weight excluding hydrogens is 372 g/mol. The first kappa shape index (κ1) is 15.7. The summed E-state index contributed by atoms with van der Waals surface area (Å²) < 4.78 is 27.6. The van der Waals surface area contributed by atoms with E-state index in [1.807, 2.05) is 0 Å². The second-order valence-corrected chi connectivity index (χ2v) is 9.58. The summed E-state index contributed by atoms with van der Waals surface area (Å²) in [5.74, 6) is 0.368. The van der Waals surface area contributed by atoms with Crippen molar-refractivity contribution in [1.82, 2.24) is 4.31 Å². The Balaban J connectivity index is 2.19. The molecule has 0 amide bonds. The standard InChI is InChI=1S/C11H16BrClN2O2S2/c12-11-9(13)6-10(18-11)19(16,17)15-5-1-2-8(7-15)3-4-14/h6,8H,1-5,7,14H2. The fourth-order valence-corrected chi connectivity index (χ4v) is 6.41. The van der Waals surface area contributed by atoms with Crippen LogP contribution >= 0.6 is 38.9 Å². The summed E-state index contributed by atoms with van der Waals surface area (Å²) in [6.45, 7) is 1.75. The maximum atomic E-state index is 12.5. The van der Waals surface area contributed by atoms with Gasteiger partial charge in [0.1, 0.15) is 4.21 Å². The second kappa shape index (κ2) is 6.41. The summed E-state index contributed by atoms with van der Waals surface area (Å²) >= 11 is 10.3. The first-order valence-electron chi connectivity index (χ1n) is 6.10. The van der Waals surface area contributed by atoms with Crippen molar-refractivity contribution in [2.75, 3.05) is 19.6 Å². The fraction of sp³-hybridized carbons (Fsp3) is 0.636. The van der Waals surface area contributed by atoms with Gasteiger partial charge in [0, 0.05) is 13.1 Å². The first-order valence-corrected chi connectivity index (χ1v) is 9.53. The molecular formula is C11H16BrClN2O2S2. The molecule has 1 aromatic heterocycles. The van der Waals surface area contributed by atoms with Gasteiger partial charge >= 0.3 is 0 Å². The predicted molar refractivity (Wildman–Crippen MR) is 82.2 cm³/mol. The summed E-state index contributed by atoms with van der Waals surface area (Å²) in [4.78, 5) is 0. The molecule has 0 radical (unpaired) electrons. The Kier molecular flexibility index (Phi) is 5.30. The summed E-state index contributed by atoms with van der Waals surface area (Å²) in [5, 5.41) is 0.444. The number of nitrogens with two attached hydrogens (primary N) is 1. The Labute approximate surface area is 131 Å². The van der Waals surface area contributed by atoms with Gasteiger partial charge < -0.3 is 5.73 Å². The number of thiophene rings is 1. The van der Waals surface area contributed by atoms with E-state index in [-0.39, 0.29) is 0 Å². The molecule has 0 bridgehead atoms. The normalized spacial score (nSPS) is 21.7. The molecule has 0 saturated carbocycles. The molecule has 19 heavy (non-hydrogen) atoms. The van der Waals surface area contributed by atoms with E-state index in [9.17, 15) is 8.42 Å². The van der Waals surface area contributed by atoms with Crippen LogP contribution in [0.1, 0.15) is 19.3 Å². The van der Waals surface area contributed by atoms with Crippen molar-refractivity contribution in [2.45, 2.75) is 23.5 Å². The molecule has 2 rings (SSSR count). The molecule has 1 fully saturated rings. The first-order chi connectivity index (χ1) is 8.95. The van der Waals surface area contributed by atoms with Crippen molar-refractivity contribution in [3.05, 3.63) is 14.9 Å². The summed E-state index contributed by atoms with van der Waals surface area (Å²) in [6.07, 6.45) is 2.82. The van der Waals surface area contributed by atoms with Crippen LogP contribution in [0.15, 0.2) is 14.1 Å². The average molecular weight is 388 g/mol. The van der Waals surface area contributed by atoms with E-state index < -0.39 is 10.0 Å². The van der Waals surface area contributed by atoms with Gasteiger partial charge in [-0.1, -0.05) is 11.6 Å². The van der Waals surface area contributed by atoms with Gasteiger partial charge in [0.05, 0.1) is 8.81 Å². The molecule has 1 saturated heterocycles. The van der Waals surface area contributed by atoms with E-state index in [1.165, 1.54) is 6.07 Å². The zero-order chi connectivity index (χ0) is 14.0. The number of hydrogen-bond acceptors (Lipinski definition) is 4. The summed E-state index contributed by atoms with van der Waals surface area (Å²) in [6, 6.07) is 1.51. The molecule has 1 atom stereocenters. The Hall–Kier alpha value is 0.340. The smallest absolute Gasteiger partial charge is 0.252 e. The molecule has 1 aliphatic rings. The number of hydrogen-bond donors (Lipinski definition) is 1. The number of rotatable bonds is 4. The third kappa shape index (κ3) is 3.51. The van der Waals surface area contributed by atoms with E-state index in [4.69, 9.17) is 17.3 Å². The molecule has 2 heterocycles. The lowest BCUT2D eigenvalue weighted by Gasteiger charge is -2.31. The van der Waals surface area contributed by atoms with Crippen LogP contribution < -0.4 is 5.73 Å². The zero-order valence-corrected chi connectivity index (χ0v) is 14.3. The van der Waals surface area contributed by atoms with Gasteiger partial charge in [-0.15, -0.1) is 11.3 Å². The highest BCUT2D eigenvalue weighted by molar-refractivity contribution is 9.11. The third-order valence-electron chi connectivity index (χ3n) is 3.27. The minimum Gasteiger partial charge on any atom is -0.330 e. The van der Waals surface area contributed by atoms with Gasteiger partial charge in [0.2, 0.25) is 0 Å². The minimum atomic E-state index is -3.42. The van der Waals surface area contributed by atoms with Crippen molar-refractivity contribution < 1.29 is 8.42 Å². The molecule has 0 spiro atoms. The van der Waals surface area contributed by atoms with Crippen LogP contribution in [0.5, 0.6) is 0 Å². The van der Waals surface area contributed by atoms with Crippen molar-refractivity contribution in [3.63, 3.8) is 0 Å². The number of piperidine rings is 1. The Morgan fingerprint density at radius 3 is 2.89 bits per heavy atom. The maximum Gasteiger partial charge on any atom is 0.252 e. The third-order valence-corrected chi connectivity index (χ3v) is 8.06. The summed E-state index contributed by atoms with van der Waals surface area (Å²) in [5.41, 5.74) is 5.56. The number of nitrogens with zero attached hydrogens (tertiary/aromatic N) is 1. The lowest BCUT2D eigenvalue weighted by atomic mass is 9.96. The van der Waals surface area contributed by atoms with Crippen molar-refractivity contribution in [1.29, 1.82) is 0 Å². The number of halogens is 2. The fourth-order valence-electron chi connectivity index (χ4n) is 2.30. The highest BCUT2D eigenvalue weighted by atomic mass is 79.9. The zero-order valence-electron chi connectivity index (χ0n) is 10.3.